The molecule has 0 spiro atoms. The second-order valence-electron chi connectivity index (χ2n) is 5.46. The molecule has 0 saturated carbocycles. The molecule has 2 atom stereocenters. The number of hydrogen-bond acceptors (Lipinski definition) is 2. The Balaban J connectivity index is 2.03. The molecular weight excluding hydrogens is 357 g/mol. The quantitative estimate of drug-likeness (QED) is 0.833. The van der Waals surface area contributed by atoms with Gasteiger partial charge in [0.1, 0.15) is 5.82 Å². The predicted molar refractivity (Wildman–Crippen MR) is 85.4 cm³/mol. The largest absolute Gasteiger partial charge is 0.306 e. The molecular formula is C15H16BrClFN3. The highest BCUT2D eigenvalue weighted by atomic mass is 79.9. The molecule has 3 nitrogen and oxygen atoms in total. The Hall–Kier alpha value is -0.910. The molecule has 0 radical (unpaired) electrons. The monoisotopic (exact) mass is 371 g/mol. The summed E-state index contributed by atoms with van der Waals surface area (Å²) in [6, 6.07) is 3.47. The van der Waals surface area contributed by atoms with E-state index in [9.17, 15) is 4.39 Å². The first kappa shape index (κ1) is 15.0. The van der Waals surface area contributed by atoms with Crippen molar-refractivity contribution in [1.82, 2.24) is 14.9 Å². The number of aromatic nitrogens is 2. The minimum atomic E-state index is -0.360. The fourth-order valence-corrected chi connectivity index (χ4v) is 3.92. The molecule has 112 valence electrons. The zero-order chi connectivity index (χ0) is 15.0. The smallest absolute Gasteiger partial charge is 0.125 e. The van der Waals surface area contributed by atoms with E-state index in [1.165, 1.54) is 25.0 Å². The van der Waals surface area contributed by atoms with Crippen molar-refractivity contribution in [1.29, 1.82) is 0 Å². The molecule has 6 heteroatoms. The molecule has 2 unspecified atom stereocenters. The highest BCUT2D eigenvalue weighted by Gasteiger charge is 2.24. The standard InChI is InChI=1S/C15H16BrClFN3/c1-9-3-2-4-13(20-9)14-7-19-8-21(14)15-11(16)5-10(18)6-12(15)17/h5-9,13,20H,2-4H2,1H3. The SMILES string of the molecule is CC1CCCC(c2cncn2-c2c(Cl)cc(F)cc2Br)N1. The topological polar surface area (TPSA) is 29.9 Å². The Bertz CT molecular complexity index is 635. The van der Waals surface area contributed by atoms with E-state index >= 15 is 0 Å². The highest BCUT2D eigenvalue weighted by Crippen LogP contribution is 2.34. The lowest BCUT2D eigenvalue weighted by atomic mass is 9.97. The molecule has 3 rings (SSSR count). The molecule has 0 amide bonds. The average Bonchev–Trinajstić information content (AvgIpc) is 2.86. The minimum absolute atomic E-state index is 0.240. The minimum Gasteiger partial charge on any atom is -0.306 e. The zero-order valence-corrected chi connectivity index (χ0v) is 14.0. The van der Waals surface area contributed by atoms with Crippen LogP contribution in [0.5, 0.6) is 0 Å². The van der Waals surface area contributed by atoms with Crippen molar-refractivity contribution in [2.45, 2.75) is 38.3 Å². The first-order chi connectivity index (χ1) is 10.1. The zero-order valence-electron chi connectivity index (χ0n) is 11.6. The van der Waals surface area contributed by atoms with Crippen LogP contribution in [0.1, 0.15) is 37.9 Å². The van der Waals surface area contributed by atoms with Gasteiger partial charge in [-0.05, 0) is 54.2 Å². The number of nitrogens with zero attached hydrogens (tertiary/aromatic N) is 2. The molecule has 0 aliphatic carbocycles. The van der Waals surface area contributed by atoms with Crippen LogP contribution >= 0.6 is 27.5 Å². The Kier molecular flexibility index (Phi) is 4.33. The molecule has 1 saturated heterocycles. The summed E-state index contributed by atoms with van der Waals surface area (Å²) in [5, 5.41) is 3.95. The van der Waals surface area contributed by atoms with Gasteiger partial charge in [0.05, 0.1) is 28.9 Å². The van der Waals surface area contributed by atoms with Gasteiger partial charge in [-0.1, -0.05) is 11.6 Å². The van der Waals surface area contributed by atoms with E-state index < -0.39 is 0 Å². The molecule has 1 aliphatic rings. The van der Waals surface area contributed by atoms with Gasteiger partial charge >= 0.3 is 0 Å². The van der Waals surface area contributed by atoms with Crippen LogP contribution in [0, 0.1) is 5.82 Å². The van der Waals surface area contributed by atoms with E-state index in [2.05, 4.69) is 33.2 Å². The van der Waals surface area contributed by atoms with Crippen LogP contribution in [-0.4, -0.2) is 15.6 Å². The van der Waals surface area contributed by atoms with Gasteiger partial charge in [-0.2, -0.15) is 0 Å². The molecule has 2 aromatic rings. The lowest BCUT2D eigenvalue weighted by molar-refractivity contribution is 0.334. The van der Waals surface area contributed by atoms with Crippen LogP contribution in [0.2, 0.25) is 5.02 Å². The van der Waals surface area contributed by atoms with Crippen molar-refractivity contribution >= 4 is 27.5 Å². The van der Waals surface area contributed by atoms with E-state index in [0.29, 0.717) is 15.5 Å². The van der Waals surface area contributed by atoms with E-state index in [1.807, 2.05) is 10.8 Å². The van der Waals surface area contributed by atoms with Gasteiger partial charge in [-0.25, -0.2) is 9.37 Å². The Morgan fingerprint density at radius 2 is 2.24 bits per heavy atom. The average molecular weight is 373 g/mol. The lowest BCUT2D eigenvalue weighted by Gasteiger charge is -2.29. The summed E-state index contributed by atoms with van der Waals surface area (Å²) >= 11 is 9.62. The second kappa shape index (κ2) is 6.07. The van der Waals surface area contributed by atoms with Crippen molar-refractivity contribution in [3.63, 3.8) is 0 Å². The summed E-state index contributed by atoms with van der Waals surface area (Å²) < 4.78 is 16.0. The molecule has 1 N–H and O–H groups in total. The summed E-state index contributed by atoms with van der Waals surface area (Å²) in [7, 11) is 0. The Morgan fingerprint density at radius 3 is 2.95 bits per heavy atom. The van der Waals surface area contributed by atoms with Crippen molar-refractivity contribution in [3.8, 4) is 5.69 Å². The van der Waals surface area contributed by atoms with Crippen molar-refractivity contribution in [3.05, 3.63) is 45.7 Å². The maximum atomic E-state index is 13.4. The number of halogens is 3. The first-order valence-electron chi connectivity index (χ1n) is 6.99. The first-order valence-corrected chi connectivity index (χ1v) is 8.16. The van der Waals surface area contributed by atoms with E-state index in [1.54, 1.807) is 6.33 Å². The van der Waals surface area contributed by atoms with Crippen LogP contribution in [0.4, 0.5) is 4.39 Å². The predicted octanol–water partition coefficient (Wildman–Crippen LogP) is 4.63. The molecule has 1 aromatic heterocycles. The number of benzene rings is 1. The van der Waals surface area contributed by atoms with Gasteiger partial charge in [0.15, 0.2) is 0 Å². The van der Waals surface area contributed by atoms with Crippen molar-refractivity contribution in [2.24, 2.45) is 0 Å². The van der Waals surface area contributed by atoms with Crippen LogP contribution in [0.25, 0.3) is 5.69 Å². The summed E-state index contributed by atoms with van der Waals surface area (Å²) in [4.78, 5) is 4.25. The van der Waals surface area contributed by atoms with E-state index in [0.717, 1.165) is 17.8 Å². The second-order valence-corrected chi connectivity index (χ2v) is 6.72. The van der Waals surface area contributed by atoms with E-state index in [-0.39, 0.29) is 11.9 Å². The highest BCUT2D eigenvalue weighted by molar-refractivity contribution is 9.10. The molecule has 1 fully saturated rings. The summed E-state index contributed by atoms with van der Waals surface area (Å²) in [5.41, 5.74) is 1.78. The van der Waals surface area contributed by atoms with Gasteiger partial charge in [-0.15, -0.1) is 0 Å². The van der Waals surface area contributed by atoms with Crippen molar-refractivity contribution in [2.75, 3.05) is 0 Å². The maximum Gasteiger partial charge on any atom is 0.125 e. The van der Waals surface area contributed by atoms with Gasteiger partial charge in [-0.3, -0.25) is 4.57 Å². The van der Waals surface area contributed by atoms with Gasteiger partial charge in [0.2, 0.25) is 0 Å². The summed E-state index contributed by atoms with van der Waals surface area (Å²) in [6.07, 6.45) is 7.00. The van der Waals surface area contributed by atoms with Crippen LogP contribution in [0.3, 0.4) is 0 Å². The maximum absolute atomic E-state index is 13.4. The van der Waals surface area contributed by atoms with Gasteiger partial charge in [0, 0.05) is 16.6 Å². The third-order valence-corrected chi connectivity index (χ3v) is 4.75. The van der Waals surface area contributed by atoms with Gasteiger partial charge < -0.3 is 5.32 Å². The number of piperidine rings is 1. The Morgan fingerprint density at radius 1 is 1.43 bits per heavy atom. The number of rotatable bonds is 2. The fraction of sp³-hybridized carbons (Fsp3) is 0.400. The lowest BCUT2D eigenvalue weighted by Crippen LogP contribution is -2.35. The van der Waals surface area contributed by atoms with Crippen LogP contribution < -0.4 is 5.32 Å². The van der Waals surface area contributed by atoms with E-state index in [4.69, 9.17) is 11.6 Å². The third kappa shape index (κ3) is 3.00. The number of nitrogens with one attached hydrogen (secondary N) is 1. The molecule has 21 heavy (non-hydrogen) atoms. The normalized spacial score (nSPS) is 22.5. The Labute approximate surface area is 136 Å². The third-order valence-electron chi connectivity index (χ3n) is 3.86. The summed E-state index contributed by atoms with van der Waals surface area (Å²) in [6.45, 7) is 2.19. The van der Waals surface area contributed by atoms with Gasteiger partial charge in [0.25, 0.3) is 0 Å². The molecule has 0 bridgehead atoms. The number of hydrogen-bond donors (Lipinski definition) is 1. The molecule has 1 aromatic carbocycles. The number of imidazole rings is 1. The molecule has 1 aliphatic heterocycles. The fourth-order valence-electron chi connectivity index (χ4n) is 2.89. The van der Waals surface area contributed by atoms with Crippen molar-refractivity contribution < 1.29 is 4.39 Å². The summed E-state index contributed by atoms with van der Waals surface area (Å²) in [5.74, 6) is -0.360. The molecule has 2 heterocycles. The van der Waals surface area contributed by atoms with Crippen LogP contribution in [-0.2, 0) is 0 Å². The van der Waals surface area contributed by atoms with Crippen LogP contribution in [0.15, 0.2) is 29.1 Å².